The molecule has 3 aromatic carbocycles. The molecule has 0 N–H and O–H groups in total. The number of carbonyl (C=O) groups excluding carboxylic acids is 2. The fraction of sp³-hybridized carbons (Fsp3) is 0.512. The quantitative estimate of drug-likeness (QED) is 0.0868. The van der Waals surface area contributed by atoms with Crippen molar-refractivity contribution >= 4 is 11.8 Å². The number of carbonyl (C=O) groups is 2. The summed E-state index contributed by atoms with van der Waals surface area (Å²) in [5.41, 5.74) is -0.598. The first kappa shape index (κ1) is 38.6. The zero-order chi connectivity index (χ0) is 36.5. The second kappa shape index (κ2) is 17.3. The summed E-state index contributed by atoms with van der Waals surface area (Å²) in [6.07, 6.45) is -1.12. The van der Waals surface area contributed by atoms with Crippen molar-refractivity contribution in [2.45, 2.75) is 84.1 Å². The minimum absolute atomic E-state index is 0.00770. The fourth-order valence-corrected chi connectivity index (χ4v) is 7.70. The maximum absolute atomic E-state index is 15.1. The molecular formula is C41H52O10. The Morgan fingerprint density at radius 1 is 0.765 bits per heavy atom. The van der Waals surface area contributed by atoms with E-state index in [4.69, 9.17) is 37.9 Å². The number of ether oxygens (including phenoxy) is 8. The van der Waals surface area contributed by atoms with Crippen LogP contribution < -0.4 is 4.74 Å². The normalized spacial score (nSPS) is 25.4. The molecule has 51 heavy (non-hydrogen) atoms. The van der Waals surface area contributed by atoms with Gasteiger partial charge in [0.15, 0.2) is 6.10 Å². The van der Waals surface area contributed by atoms with Gasteiger partial charge in [-0.05, 0) is 66.0 Å². The summed E-state index contributed by atoms with van der Waals surface area (Å²) in [5, 5.41) is 0. The minimum atomic E-state index is -1.36. The number of hydrogen-bond acceptors (Lipinski definition) is 10. The van der Waals surface area contributed by atoms with E-state index in [1.165, 1.54) is 0 Å². The van der Waals surface area contributed by atoms with E-state index in [-0.39, 0.29) is 45.1 Å². The number of hydrogen-bond donors (Lipinski definition) is 0. The van der Waals surface area contributed by atoms with Crippen LogP contribution in [0.15, 0.2) is 84.9 Å². The van der Waals surface area contributed by atoms with E-state index in [2.05, 4.69) is 0 Å². The number of fused-ring (bicyclic) bond motifs is 2. The van der Waals surface area contributed by atoms with Crippen LogP contribution in [-0.4, -0.2) is 70.3 Å². The molecule has 5 atom stereocenters. The molecule has 276 valence electrons. The number of rotatable bonds is 16. The third-order valence-electron chi connectivity index (χ3n) is 10.5. The zero-order valence-electron chi connectivity index (χ0n) is 30.6. The topological polar surface area (TPSA) is 108 Å². The average molecular weight is 705 g/mol. The molecular weight excluding hydrogens is 652 g/mol. The van der Waals surface area contributed by atoms with Crippen LogP contribution in [0, 0.1) is 16.7 Å². The van der Waals surface area contributed by atoms with Crippen molar-refractivity contribution in [2.75, 3.05) is 34.6 Å². The first-order chi connectivity index (χ1) is 24.5. The van der Waals surface area contributed by atoms with E-state index in [9.17, 15) is 4.79 Å². The van der Waals surface area contributed by atoms with Gasteiger partial charge < -0.3 is 37.9 Å². The van der Waals surface area contributed by atoms with Crippen LogP contribution in [-0.2, 0) is 51.2 Å². The van der Waals surface area contributed by atoms with Crippen LogP contribution >= 0.6 is 0 Å². The van der Waals surface area contributed by atoms with Crippen molar-refractivity contribution in [3.63, 3.8) is 0 Å². The smallest absolute Gasteiger partial charge is 0.338 e. The molecule has 0 aliphatic heterocycles. The largest absolute Gasteiger partial charge is 0.497 e. The zero-order valence-corrected chi connectivity index (χ0v) is 30.6. The predicted molar refractivity (Wildman–Crippen MR) is 190 cm³/mol. The molecule has 0 saturated heterocycles. The fourth-order valence-electron chi connectivity index (χ4n) is 7.70. The van der Waals surface area contributed by atoms with E-state index >= 15 is 4.79 Å². The Labute approximate surface area is 301 Å². The van der Waals surface area contributed by atoms with Crippen molar-refractivity contribution < 1.29 is 47.5 Å². The lowest BCUT2D eigenvalue weighted by Gasteiger charge is -2.46. The highest BCUT2D eigenvalue weighted by Gasteiger charge is 2.66. The number of esters is 1. The highest BCUT2D eigenvalue weighted by atomic mass is 16.7. The van der Waals surface area contributed by atoms with Crippen LogP contribution in [0.3, 0.4) is 0 Å². The van der Waals surface area contributed by atoms with Crippen molar-refractivity contribution in [1.82, 2.24) is 0 Å². The first-order valence-electron chi connectivity index (χ1n) is 17.5. The Morgan fingerprint density at radius 2 is 1.39 bits per heavy atom. The Kier molecular flexibility index (Phi) is 13.1. The Balaban J connectivity index is 1.46. The molecule has 5 rings (SSSR count). The third-order valence-corrected chi connectivity index (χ3v) is 10.5. The van der Waals surface area contributed by atoms with E-state index in [1.807, 2.05) is 88.4 Å². The van der Waals surface area contributed by atoms with Crippen molar-refractivity contribution in [3.05, 3.63) is 102 Å². The van der Waals surface area contributed by atoms with Gasteiger partial charge in [-0.25, -0.2) is 4.79 Å². The average Bonchev–Trinajstić information content (AvgIpc) is 3.41. The maximum atomic E-state index is 15.1. The highest BCUT2D eigenvalue weighted by Crippen LogP contribution is 2.58. The number of ketones is 1. The monoisotopic (exact) mass is 704 g/mol. The van der Waals surface area contributed by atoms with Crippen LogP contribution in [0.5, 0.6) is 5.75 Å². The van der Waals surface area contributed by atoms with Gasteiger partial charge in [0.1, 0.15) is 31.7 Å². The molecule has 10 heteroatoms. The lowest BCUT2D eigenvalue weighted by molar-refractivity contribution is -0.225. The van der Waals surface area contributed by atoms with Crippen LogP contribution in [0.2, 0.25) is 0 Å². The van der Waals surface area contributed by atoms with Gasteiger partial charge in [0.2, 0.25) is 5.78 Å². The summed E-state index contributed by atoms with van der Waals surface area (Å²) < 4.78 is 48.6. The first-order valence-corrected chi connectivity index (χ1v) is 17.5. The Hall–Kier alpha value is -3.64. The van der Waals surface area contributed by atoms with Crippen molar-refractivity contribution in [3.8, 4) is 5.75 Å². The van der Waals surface area contributed by atoms with Gasteiger partial charge in [0.25, 0.3) is 0 Å². The highest BCUT2D eigenvalue weighted by molar-refractivity contribution is 5.97. The van der Waals surface area contributed by atoms with Crippen molar-refractivity contribution in [1.29, 1.82) is 0 Å². The molecule has 0 spiro atoms. The molecule has 10 nitrogen and oxygen atoms in total. The van der Waals surface area contributed by atoms with Gasteiger partial charge in [-0.1, -0.05) is 88.4 Å². The third kappa shape index (κ3) is 8.88. The van der Waals surface area contributed by atoms with Crippen LogP contribution in [0.4, 0.5) is 0 Å². The number of methoxy groups -OCH3 is 2. The molecule has 0 aromatic heterocycles. The summed E-state index contributed by atoms with van der Waals surface area (Å²) in [6.45, 7) is 8.57. The van der Waals surface area contributed by atoms with Gasteiger partial charge in [0, 0.05) is 12.5 Å². The van der Waals surface area contributed by atoms with E-state index < -0.39 is 40.7 Å². The minimum Gasteiger partial charge on any atom is -0.497 e. The Morgan fingerprint density at radius 3 is 2.04 bits per heavy atom. The summed E-state index contributed by atoms with van der Waals surface area (Å²) in [5.74, 6) is -0.344. The molecule has 0 heterocycles. The molecule has 2 aliphatic rings. The maximum Gasteiger partial charge on any atom is 0.338 e. The summed E-state index contributed by atoms with van der Waals surface area (Å²) >= 11 is 0. The molecule has 2 bridgehead atoms. The van der Waals surface area contributed by atoms with E-state index in [0.717, 1.165) is 16.9 Å². The molecule has 2 aliphatic carbocycles. The van der Waals surface area contributed by atoms with Gasteiger partial charge in [-0.3, -0.25) is 4.79 Å². The van der Waals surface area contributed by atoms with Gasteiger partial charge in [-0.15, -0.1) is 0 Å². The number of benzene rings is 3. The van der Waals surface area contributed by atoms with Gasteiger partial charge >= 0.3 is 5.97 Å². The second-order valence-electron chi connectivity index (χ2n) is 14.5. The van der Waals surface area contributed by atoms with Gasteiger partial charge in [-0.2, -0.15) is 0 Å². The number of Topliss-reactive ketones (excluding diaryl/α,β-unsaturated/α-hetero) is 1. The predicted octanol–water partition coefficient (Wildman–Crippen LogP) is 7.13. The summed E-state index contributed by atoms with van der Waals surface area (Å²) in [7, 11) is 3.20. The molecule has 2 saturated carbocycles. The summed E-state index contributed by atoms with van der Waals surface area (Å²) in [4.78, 5) is 28.7. The molecule has 0 radical (unpaired) electrons. The summed E-state index contributed by atoms with van der Waals surface area (Å²) in [6, 6.07) is 26.1. The molecule has 2 fully saturated rings. The standard InChI is InChI=1S/C41H52O10/c1-39(2)23-34(51-38(43)31-15-11-8-12-16-31)36(42)41(50-28-47-25-30-17-19-32(45-6)20-18-30)22-21-33(40(41,3)4)35(48-26-44-5)37(39)49-27-46-24-29-13-9-7-10-14-29/h7-20,33-35,37H,21-28H2,1-6H3/t33-,34-,35-,37-,41-/m1/s1. The SMILES string of the molecule is COCO[C@H]1[C@@H](OCOCc2ccccc2)C(C)(C)C[C@@H](OC(=O)c2ccccc2)C(=O)[C@]2(OCOCc3ccc(OC)cc3)CC[C@H]1C2(C)C. The second-order valence-corrected chi connectivity index (χ2v) is 14.5. The Bertz CT molecular complexity index is 1540. The van der Waals surface area contributed by atoms with E-state index in [0.29, 0.717) is 25.0 Å². The van der Waals surface area contributed by atoms with Crippen molar-refractivity contribution in [2.24, 2.45) is 16.7 Å². The van der Waals surface area contributed by atoms with Crippen LogP contribution in [0.1, 0.15) is 68.4 Å². The van der Waals surface area contributed by atoms with Crippen LogP contribution in [0.25, 0.3) is 0 Å². The lowest BCUT2D eigenvalue weighted by atomic mass is 9.67. The lowest BCUT2D eigenvalue weighted by Crippen LogP contribution is -2.57. The van der Waals surface area contributed by atoms with Gasteiger partial charge in [0.05, 0.1) is 38.1 Å². The molecule has 3 aromatic rings. The molecule has 0 unspecified atom stereocenters. The molecule has 0 amide bonds. The van der Waals surface area contributed by atoms with E-state index in [1.54, 1.807) is 38.5 Å².